The Balaban J connectivity index is 1.85. The van der Waals surface area contributed by atoms with Crippen LogP contribution < -0.4 is 15.2 Å². The van der Waals surface area contributed by atoms with Crippen LogP contribution in [0.15, 0.2) is 30.3 Å². The molecule has 0 fully saturated rings. The summed E-state index contributed by atoms with van der Waals surface area (Å²) >= 11 is 1.30. The second-order valence-corrected chi connectivity index (χ2v) is 8.69. The van der Waals surface area contributed by atoms with Crippen LogP contribution in [-0.4, -0.2) is 40.2 Å². The number of halogens is 1. The summed E-state index contributed by atoms with van der Waals surface area (Å²) in [5, 5.41) is 28.5. The zero-order valence-electron chi connectivity index (χ0n) is 18.3. The van der Waals surface area contributed by atoms with Gasteiger partial charge in [-0.3, -0.25) is 0 Å². The third kappa shape index (κ3) is 5.40. The molecule has 2 aromatic carbocycles. The average Bonchev–Trinajstić information content (AvgIpc) is 3.23. The first kappa shape index (κ1) is 23.6. The molecule has 3 N–H and O–H groups in total. The lowest BCUT2D eigenvalue weighted by Crippen LogP contribution is -2.38. The zero-order chi connectivity index (χ0) is 23.4. The fourth-order valence-corrected chi connectivity index (χ4v) is 3.80. The molecular formula is C23H25FN4O3S. The minimum absolute atomic E-state index is 0.00588. The highest BCUT2D eigenvalue weighted by Crippen LogP contribution is 2.35. The molecule has 2 atom stereocenters. The summed E-state index contributed by atoms with van der Waals surface area (Å²) in [5.74, 6) is 0.0217. The highest BCUT2D eigenvalue weighted by atomic mass is 32.1. The number of nitrogens with two attached hydrogens (primary N) is 1. The Morgan fingerprint density at radius 3 is 2.53 bits per heavy atom. The van der Waals surface area contributed by atoms with Crippen LogP contribution in [0.3, 0.4) is 0 Å². The number of hydrogen-bond acceptors (Lipinski definition) is 8. The van der Waals surface area contributed by atoms with E-state index in [-0.39, 0.29) is 18.5 Å². The molecule has 0 aliphatic carbocycles. The third-order valence-corrected chi connectivity index (χ3v) is 5.70. The summed E-state index contributed by atoms with van der Waals surface area (Å²) in [6.07, 6.45) is -0.806. The maximum Gasteiger partial charge on any atom is 0.165 e. The Kier molecular flexibility index (Phi) is 7.40. The van der Waals surface area contributed by atoms with Gasteiger partial charge >= 0.3 is 0 Å². The molecule has 1 heterocycles. The Morgan fingerprint density at radius 1 is 1.16 bits per heavy atom. The molecule has 0 saturated heterocycles. The summed E-state index contributed by atoms with van der Waals surface area (Å²) in [4.78, 5) is 0. The van der Waals surface area contributed by atoms with Gasteiger partial charge in [-0.15, -0.1) is 10.2 Å². The first-order chi connectivity index (χ1) is 15.2. The number of nitrogens with zero attached hydrogens (tertiary/aromatic N) is 3. The number of aliphatic hydroxyl groups excluding tert-OH is 1. The Bertz CT molecular complexity index is 1140. The molecule has 168 valence electrons. The number of aliphatic hydroxyl groups is 1. The van der Waals surface area contributed by atoms with E-state index < -0.39 is 18.0 Å². The molecule has 0 amide bonds. The molecule has 0 bridgehead atoms. The topological polar surface area (TPSA) is 114 Å². The minimum atomic E-state index is -0.759. The predicted molar refractivity (Wildman–Crippen MR) is 121 cm³/mol. The Labute approximate surface area is 190 Å². The van der Waals surface area contributed by atoms with Gasteiger partial charge < -0.3 is 20.3 Å². The Hall–Kier alpha value is -3.06. The second kappa shape index (κ2) is 10.0. The van der Waals surface area contributed by atoms with E-state index in [1.807, 2.05) is 26.8 Å². The van der Waals surface area contributed by atoms with Crippen molar-refractivity contribution in [1.82, 2.24) is 10.2 Å². The molecule has 32 heavy (non-hydrogen) atoms. The average molecular weight is 457 g/mol. The number of hydrogen-bond donors (Lipinski definition) is 2. The van der Waals surface area contributed by atoms with Crippen molar-refractivity contribution in [1.29, 1.82) is 5.26 Å². The highest BCUT2D eigenvalue weighted by Gasteiger charge is 2.17. The molecule has 2 unspecified atom stereocenters. The Morgan fingerprint density at radius 2 is 1.88 bits per heavy atom. The number of nitriles is 1. The van der Waals surface area contributed by atoms with Gasteiger partial charge in [0.05, 0.1) is 23.8 Å². The van der Waals surface area contributed by atoms with Crippen molar-refractivity contribution in [2.75, 3.05) is 6.61 Å². The summed E-state index contributed by atoms with van der Waals surface area (Å²) in [7, 11) is 0. The monoisotopic (exact) mass is 456 g/mol. The van der Waals surface area contributed by atoms with Crippen LogP contribution in [0.2, 0.25) is 0 Å². The van der Waals surface area contributed by atoms with Gasteiger partial charge in [0.1, 0.15) is 28.4 Å². The van der Waals surface area contributed by atoms with E-state index in [2.05, 4.69) is 16.3 Å². The SMILES string of the molecule is Cc1cc(OCC(N)C(C)O)c(F)cc1-c1nnc(-c2ccc(OC(C)C)c(C#N)c2)s1. The van der Waals surface area contributed by atoms with E-state index in [1.165, 1.54) is 17.4 Å². The molecule has 0 aliphatic heterocycles. The van der Waals surface area contributed by atoms with Gasteiger partial charge in [0.15, 0.2) is 11.6 Å². The van der Waals surface area contributed by atoms with Crippen LogP contribution in [-0.2, 0) is 0 Å². The van der Waals surface area contributed by atoms with Gasteiger partial charge in [-0.25, -0.2) is 4.39 Å². The van der Waals surface area contributed by atoms with E-state index in [4.69, 9.17) is 15.2 Å². The highest BCUT2D eigenvalue weighted by molar-refractivity contribution is 7.17. The predicted octanol–water partition coefficient (Wildman–Crippen LogP) is 4.07. The summed E-state index contributed by atoms with van der Waals surface area (Å²) < 4.78 is 25.7. The standard InChI is InChI=1S/C23H25FN4O3S/c1-12(2)31-20-6-5-15(8-16(20)10-25)22-27-28-23(32-22)17-9-18(24)21(7-13(17)3)30-11-19(26)14(4)29/h5-9,12,14,19,29H,11,26H2,1-4H3. The van der Waals surface area contributed by atoms with Gasteiger partial charge in [0.25, 0.3) is 0 Å². The van der Waals surface area contributed by atoms with Gasteiger partial charge in [0.2, 0.25) is 0 Å². The first-order valence-corrected chi connectivity index (χ1v) is 10.9. The van der Waals surface area contributed by atoms with E-state index in [0.717, 1.165) is 11.1 Å². The molecule has 1 aromatic heterocycles. The van der Waals surface area contributed by atoms with Crippen LogP contribution in [0.25, 0.3) is 21.1 Å². The second-order valence-electron chi connectivity index (χ2n) is 7.71. The third-order valence-electron chi connectivity index (χ3n) is 4.69. The molecule has 3 rings (SSSR count). The number of rotatable bonds is 8. The van der Waals surface area contributed by atoms with E-state index in [9.17, 15) is 14.8 Å². The number of ether oxygens (including phenoxy) is 2. The molecular weight excluding hydrogens is 431 g/mol. The quantitative estimate of drug-likeness (QED) is 0.525. The molecule has 0 spiro atoms. The smallest absolute Gasteiger partial charge is 0.165 e. The first-order valence-electron chi connectivity index (χ1n) is 10.1. The van der Waals surface area contributed by atoms with Crippen LogP contribution in [0.1, 0.15) is 31.9 Å². The van der Waals surface area contributed by atoms with Crippen molar-refractivity contribution in [2.24, 2.45) is 5.73 Å². The van der Waals surface area contributed by atoms with Crippen molar-refractivity contribution in [3.05, 3.63) is 47.3 Å². The van der Waals surface area contributed by atoms with Crippen LogP contribution in [0, 0.1) is 24.1 Å². The number of benzene rings is 2. The number of aryl methyl sites for hydroxylation is 1. The van der Waals surface area contributed by atoms with Gasteiger partial charge in [-0.1, -0.05) is 11.3 Å². The lowest BCUT2D eigenvalue weighted by atomic mass is 10.1. The van der Waals surface area contributed by atoms with E-state index >= 15 is 0 Å². The fourth-order valence-electron chi connectivity index (χ4n) is 2.88. The molecule has 0 radical (unpaired) electrons. The fraction of sp³-hybridized carbons (Fsp3) is 0.348. The summed E-state index contributed by atoms with van der Waals surface area (Å²) in [5.41, 5.74) is 8.23. The minimum Gasteiger partial charge on any atom is -0.490 e. The molecule has 7 nitrogen and oxygen atoms in total. The lowest BCUT2D eigenvalue weighted by Gasteiger charge is -2.16. The van der Waals surface area contributed by atoms with E-state index in [0.29, 0.717) is 26.9 Å². The largest absolute Gasteiger partial charge is 0.490 e. The number of aromatic nitrogens is 2. The van der Waals surface area contributed by atoms with Crippen molar-refractivity contribution < 1.29 is 19.0 Å². The normalized spacial score (nSPS) is 13.0. The lowest BCUT2D eigenvalue weighted by molar-refractivity contribution is 0.129. The van der Waals surface area contributed by atoms with Crippen LogP contribution in [0.4, 0.5) is 4.39 Å². The van der Waals surface area contributed by atoms with Crippen molar-refractivity contribution in [2.45, 2.75) is 45.9 Å². The van der Waals surface area contributed by atoms with Crippen molar-refractivity contribution in [3.8, 4) is 38.7 Å². The maximum absolute atomic E-state index is 14.6. The maximum atomic E-state index is 14.6. The van der Waals surface area contributed by atoms with Gasteiger partial charge in [0, 0.05) is 11.1 Å². The summed E-state index contributed by atoms with van der Waals surface area (Å²) in [6, 6.07) is 9.72. The van der Waals surface area contributed by atoms with E-state index in [1.54, 1.807) is 25.1 Å². The zero-order valence-corrected chi connectivity index (χ0v) is 19.1. The molecule has 3 aromatic rings. The van der Waals surface area contributed by atoms with Crippen LogP contribution >= 0.6 is 11.3 Å². The molecule has 9 heteroatoms. The van der Waals surface area contributed by atoms with Crippen LogP contribution in [0.5, 0.6) is 11.5 Å². The van der Waals surface area contributed by atoms with Gasteiger partial charge in [-0.2, -0.15) is 5.26 Å². The summed E-state index contributed by atoms with van der Waals surface area (Å²) in [6.45, 7) is 7.16. The molecule has 0 aliphatic rings. The van der Waals surface area contributed by atoms with Gasteiger partial charge in [-0.05, 0) is 63.6 Å². The molecule has 0 saturated carbocycles. The van der Waals surface area contributed by atoms with Crippen molar-refractivity contribution in [3.63, 3.8) is 0 Å². The van der Waals surface area contributed by atoms with Crippen molar-refractivity contribution >= 4 is 11.3 Å².